The highest BCUT2D eigenvalue weighted by Gasteiger charge is 2.40. The van der Waals surface area contributed by atoms with E-state index in [0.29, 0.717) is 18.1 Å². The van der Waals surface area contributed by atoms with Crippen molar-refractivity contribution in [3.8, 4) is 0 Å². The van der Waals surface area contributed by atoms with Crippen LogP contribution in [0.5, 0.6) is 0 Å². The Morgan fingerprint density at radius 3 is 2.55 bits per heavy atom. The fraction of sp³-hybridized carbons (Fsp3) is 0.522. The summed E-state index contributed by atoms with van der Waals surface area (Å²) in [7, 11) is 1.61. The maximum Gasteiger partial charge on any atom is 0.287 e. The second kappa shape index (κ2) is 8.90. The number of ether oxygens (including phenoxy) is 1. The number of nitrogens with zero attached hydrogens (tertiary/aromatic N) is 1. The molecule has 1 aromatic heterocycles. The van der Waals surface area contributed by atoms with Crippen LogP contribution in [0.15, 0.2) is 40.8 Å². The van der Waals surface area contributed by atoms with Gasteiger partial charge in [0.2, 0.25) is 0 Å². The summed E-state index contributed by atoms with van der Waals surface area (Å²) >= 11 is 6.08. The average molecular weight is 417 g/mol. The van der Waals surface area contributed by atoms with E-state index >= 15 is 0 Å². The van der Waals surface area contributed by atoms with E-state index in [0.717, 1.165) is 37.5 Å². The number of methoxy groups -OCH3 is 1. The first kappa shape index (κ1) is 20.5. The molecule has 0 atom stereocenters. The number of rotatable bonds is 7. The predicted molar refractivity (Wildman–Crippen MR) is 113 cm³/mol. The Hall–Kier alpha value is -1.82. The van der Waals surface area contributed by atoms with Crippen LogP contribution in [0.4, 0.5) is 0 Å². The number of carbonyl (C=O) groups is 1. The first-order chi connectivity index (χ1) is 14.1. The normalized spacial score (nSPS) is 19.7. The van der Waals surface area contributed by atoms with Crippen molar-refractivity contribution in [2.75, 3.05) is 26.7 Å². The Morgan fingerprint density at radius 2 is 1.93 bits per heavy atom. The lowest BCUT2D eigenvalue weighted by Gasteiger charge is -2.47. The standard InChI is InChI=1S/C23H29ClN2O3/c1-28-15-20-7-8-21(29-20)22(27)25-19-9-13-26(14-10-19)16-23(11-2-12-23)17-3-5-18(24)6-4-17/h3-8,19H,2,9-16H2,1H3,(H,25,27). The second-order valence-corrected chi connectivity index (χ2v) is 8.80. The third kappa shape index (κ3) is 4.68. The van der Waals surface area contributed by atoms with Gasteiger partial charge in [-0.2, -0.15) is 0 Å². The number of carbonyl (C=O) groups excluding carboxylic acids is 1. The second-order valence-electron chi connectivity index (χ2n) is 8.36. The smallest absolute Gasteiger partial charge is 0.287 e. The summed E-state index contributed by atoms with van der Waals surface area (Å²) in [5.41, 5.74) is 1.68. The van der Waals surface area contributed by atoms with Gasteiger partial charge in [-0.25, -0.2) is 0 Å². The van der Waals surface area contributed by atoms with Crippen LogP contribution >= 0.6 is 11.6 Å². The summed E-state index contributed by atoms with van der Waals surface area (Å²) in [5.74, 6) is 0.888. The van der Waals surface area contributed by atoms with Gasteiger partial charge in [0.1, 0.15) is 12.4 Å². The number of likely N-dealkylation sites (tertiary alicyclic amines) is 1. The van der Waals surface area contributed by atoms with Crippen LogP contribution < -0.4 is 5.32 Å². The molecule has 1 aliphatic heterocycles. The van der Waals surface area contributed by atoms with Gasteiger partial charge < -0.3 is 19.4 Å². The van der Waals surface area contributed by atoms with E-state index in [2.05, 4.69) is 22.3 Å². The highest BCUT2D eigenvalue weighted by atomic mass is 35.5. The number of halogens is 1. The number of amides is 1. The van der Waals surface area contributed by atoms with Gasteiger partial charge in [-0.3, -0.25) is 4.79 Å². The summed E-state index contributed by atoms with van der Waals surface area (Å²) in [6.45, 7) is 3.48. The zero-order valence-electron chi connectivity index (χ0n) is 17.0. The molecule has 1 amide bonds. The van der Waals surface area contributed by atoms with Gasteiger partial charge in [-0.15, -0.1) is 0 Å². The highest BCUT2D eigenvalue weighted by molar-refractivity contribution is 6.30. The molecule has 1 saturated carbocycles. The van der Waals surface area contributed by atoms with Crippen molar-refractivity contribution in [1.29, 1.82) is 0 Å². The Morgan fingerprint density at radius 1 is 1.21 bits per heavy atom. The molecule has 0 bridgehead atoms. The molecule has 2 aromatic rings. The predicted octanol–water partition coefficient (Wildman–Crippen LogP) is 4.40. The topological polar surface area (TPSA) is 54.7 Å². The van der Waals surface area contributed by atoms with Gasteiger partial charge in [0, 0.05) is 43.2 Å². The zero-order chi connectivity index (χ0) is 20.3. The van der Waals surface area contributed by atoms with Crippen molar-refractivity contribution in [1.82, 2.24) is 10.2 Å². The number of piperidine rings is 1. The van der Waals surface area contributed by atoms with Crippen LogP contribution in [0.25, 0.3) is 0 Å². The summed E-state index contributed by atoms with van der Waals surface area (Å²) in [6, 6.07) is 12.1. The maximum atomic E-state index is 12.4. The van der Waals surface area contributed by atoms with Gasteiger partial charge >= 0.3 is 0 Å². The number of nitrogens with one attached hydrogen (secondary N) is 1. The van der Waals surface area contributed by atoms with Crippen LogP contribution in [-0.4, -0.2) is 43.6 Å². The highest BCUT2D eigenvalue weighted by Crippen LogP contribution is 2.44. The number of hydrogen-bond donors (Lipinski definition) is 1. The SMILES string of the molecule is COCc1ccc(C(=O)NC2CCN(CC3(c4ccc(Cl)cc4)CCC3)CC2)o1. The van der Waals surface area contributed by atoms with E-state index in [4.69, 9.17) is 20.8 Å². The van der Waals surface area contributed by atoms with Gasteiger partial charge in [0.15, 0.2) is 5.76 Å². The van der Waals surface area contributed by atoms with Gasteiger partial charge in [0.05, 0.1) is 0 Å². The molecule has 1 saturated heterocycles. The van der Waals surface area contributed by atoms with Crippen LogP contribution in [0.1, 0.15) is 54.0 Å². The van der Waals surface area contributed by atoms with Crippen molar-refractivity contribution >= 4 is 17.5 Å². The first-order valence-corrected chi connectivity index (χ1v) is 10.8. The lowest BCUT2D eigenvalue weighted by atomic mass is 9.64. The van der Waals surface area contributed by atoms with E-state index < -0.39 is 0 Å². The molecule has 4 rings (SSSR count). The molecule has 2 aliphatic rings. The lowest BCUT2D eigenvalue weighted by molar-refractivity contribution is 0.0838. The summed E-state index contributed by atoms with van der Waals surface area (Å²) < 4.78 is 10.6. The van der Waals surface area contributed by atoms with E-state index in [9.17, 15) is 4.79 Å². The molecule has 5 nitrogen and oxygen atoms in total. The molecule has 6 heteroatoms. The number of hydrogen-bond acceptors (Lipinski definition) is 4. The third-order valence-electron chi connectivity index (χ3n) is 6.39. The Labute approximate surface area is 177 Å². The molecule has 0 unspecified atom stereocenters. The zero-order valence-corrected chi connectivity index (χ0v) is 17.7. The minimum atomic E-state index is -0.137. The molecule has 156 valence electrons. The quantitative estimate of drug-likeness (QED) is 0.727. The minimum Gasteiger partial charge on any atom is -0.453 e. The van der Waals surface area contributed by atoms with Crippen molar-refractivity contribution in [3.05, 3.63) is 58.5 Å². The van der Waals surface area contributed by atoms with E-state index in [1.165, 1.54) is 24.8 Å². The monoisotopic (exact) mass is 416 g/mol. The molecule has 0 radical (unpaired) electrons. The molecule has 1 aliphatic carbocycles. The average Bonchev–Trinajstić information content (AvgIpc) is 3.16. The molecule has 1 aromatic carbocycles. The molecular weight excluding hydrogens is 388 g/mol. The van der Waals surface area contributed by atoms with Gasteiger partial charge in [-0.05, 0) is 55.5 Å². The van der Waals surface area contributed by atoms with E-state index in [1.807, 2.05) is 12.1 Å². The maximum absolute atomic E-state index is 12.4. The van der Waals surface area contributed by atoms with Crippen molar-refractivity contribution in [3.63, 3.8) is 0 Å². The van der Waals surface area contributed by atoms with Crippen molar-refractivity contribution < 1.29 is 13.9 Å². The number of benzene rings is 1. The van der Waals surface area contributed by atoms with Crippen LogP contribution in [0.2, 0.25) is 5.02 Å². The molecule has 2 heterocycles. The fourth-order valence-corrected chi connectivity index (χ4v) is 4.71. The van der Waals surface area contributed by atoms with Crippen LogP contribution in [-0.2, 0) is 16.8 Å². The first-order valence-electron chi connectivity index (χ1n) is 10.4. The lowest BCUT2D eigenvalue weighted by Crippen LogP contribution is -2.51. The summed E-state index contributed by atoms with van der Waals surface area (Å²) in [5, 5.41) is 3.92. The van der Waals surface area contributed by atoms with E-state index in [-0.39, 0.29) is 17.4 Å². The Kier molecular flexibility index (Phi) is 6.28. The third-order valence-corrected chi connectivity index (χ3v) is 6.64. The van der Waals surface area contributed by atoms with Crippen molar-refractivity contribution in [2.45, 2.75) is 50.2 Å². The van der Waals surface area contributed by atoms with Crippen LogP contribution in [0, 0.1) is 0 Å². The summed E-state index contributed by atoms with van der Waals surface area (Å²) in [6.07, 6.45) is 5.71. The van der Waals surface area contributed by atoms with Crippen LogP contribution in [0.3, 0.4) is 0 Å². The van der Waals surface area contributed by atoms with Gasteiger partial charge in [0.25, 0.3) is 5.91 Å². The molecular formula is C23H29ClN2O3. The Balaban J connectivity index is 1.29. The van der Waals surface area contributed by atoms with Crippen molar-refractivity contribution in [2.24, 2.45) is 0 Å². The molecule has 29 heavy (non-hydrogen) atoms. The molecule has 0 spiro atoms. The molecule has 1 N–H and O–H groups in total. The fourth-order valence-electron chi connectivity index (χ4n) is 4.58. The molecule has 2 fully saturated rings. The number of furan rings is 1. The van der Waals surface area contributed by atoms with Gasteiger partial charge in [-0.1, -0.05) is 30.2 Å². The van der Waals surface area contributed by atoms with E-state index in [1.54, 1.807) is 19.2 Å². The minimum absolute atomic E-state index is 0.137. The summed E-state index contributed by atoms with van der Waals surface area (Å²) in [4.78, 5) is 15.0. The Bertz CT molecular complexity index is 821. The largest absolute Gasteiger partial charge is 0.453 e.